The number of thiophene rings is 2. The molecule has 0 bridgehead atoms. The summed E-state index contributed by atoms with van der Waals surface area (Å²) < 4.78 is 0. The molecule has 92 valence electrons. The van der Waals surface area contributed by atoms with Crippen LogP contribution in [-0.2, 0) is 6.54 Å². The van der Waals surface area contributed by atoms with E-state index in [4.69, 9.17) is 5.73 Å². The number of hydrogen-bond donors (Lipinski definition) is 1. The Morgan fingerprint density at radius 3 is 2.94 bits per heavy atom. The zero-order valence-electron chi connectivity index (χ0n) is 9.83. The van der Waals surface area contributed by atoms with Gasteiger partial charge in [-0.1, -0.05) is 0 Å². The molecule has 0 aliphatic carbocycles. The quantitative estimate of drug-likeness (QED) is 0.799. The molecule has 0 amide bonds. The van der Waals surface area contributed by atoms with Crippen molar-refractivity contribution in [3.63, 3.8) is 0 Å². The number of nitrogens with zero attached hydrogens (tertiary/aromatic N) is 3. The Bertz CT molecular complexity index is 660. The fourth-order valence-corrected chi connectivity index (χ4v) is 3.30. The van der Waals surface area contributed by atoms with Crippen LogP contribution in [0.2, 0.25) is 0 Å². The number of rotatable bonds is 3. The molecule has 3 aromatic heterocycles. The van der Waals surface area contributed by atoms with E-state index in [9.17, 15) is 0 Å². The largest absolute Gasteiger partial charge is 0.368 e. The van der Waals surface area contributed by atoms with E-state index in [1.807, 2.05) is 18.5 Å². The highest BCUT2D eigenvalue weighted by Crippen LogP contribution is 2.28. The fraction of sp³-hybridized carbons (Fsp3) is 0.167. The van der Waals surface area contributed by atoms with Gasteiger partial charge in [-0.25, -0.2) is 4.98 Å². The number of anilines is 2. The normalized spacial score (nSPS) is 10.9. The van der Waals surface area contributed by atoms with Gasteiger partial charge in [-0.05, 0) is 33.8 Å². The third kappa shape index (κ3) is 2.04. The van der Waals surface area contributed by atoms with Crippen LogP contribution in [0.15, 0.2) is 28.3 Å². The number of nitrogen functional groups attached to an aromatic ring is 1. The zero-order chi connectivity index (χ0) is 12.5. The Hall–Kier alpha value is -1.66. The third-order valence-electron chi connectivity index (χ3n) is 2.68. The number of fused-ring (bicyclic) bond motifs is 1. The molecule has 2 N–H and O–H groups in total. The van der Waals surface area contributed by atoms with Gasteiger partial charge in [-0.15, -0.1) is 11.3 Å². The van der Waals surface area contributed by atoms with Crippen LogP contribution in [0.25, 0.3) is 10.2 Å². The Morgan fingerprint density at radius 2 is 2.17 bits per heavy atom. The number of nitrogens with two attached hydrogens (primary N) is 1. The van der Waals surface area contributed by atoms with Crippen molar-refractivity contribution < 1.29 is 0 Å². The molecule has 0 aliphatic heterocycles. The minimum absolute atomic E-state index is 0.331. The van der Waals surface area contributed by atoms with Crippen LogP contribution in [0, 0.1) is 0 Å². The molecule has 3 heterocycles. The van der Waals surface area contributed by atoms with Gasteiger partial charge in [-0.2, -0.15) is 16.3 Å². The average Bonchev–Trinajstić information content (AvgIpc) is 2.97. The Balaban J connectivity index is 2.00. The molecule has 0 saturated heterocycles. The number of hydrogen-bond acceptors (Lipinski definition) is 6. The van der Waals surface area contributed by atoms with Crippen LogP contribution < -0.4 is 10.6 Å². The predicted octanol–water partition coefficient (Wildman–Crippen LogP) is 2.97. The van der Waals surface area contributed by atoms with E-state index in [1.54, 1.807) is 22.7 Å². The third-order valence-corrected chi connectivity index (χ3v) is 4.22. The van der Waals surface area contributed by atoms with Crippen LogP contribution in [0.5, 0.6) is 0 Å². The summed E-state index contributed by atoms with van der Waals surface area (Å²) in [6.45, 7) is 0.824. The molecule has 3 rings (SSSR count). The molecule has 6 heteroatoms. The lowest BCUT2D eigenvalue weighted by molar-refractivity contribution is 0.907. The van der Waals surface area contributed by atoms with E-state index in [-0.39, 0.29) is 0 Å². The van der Waals surface area contributed by atoms with Gasteiger partial charge in [0.15, 0.2) is 0 Å². The summed E-state index contributed by atoms with van der Waals surface area (Å²) in [5.74, 6) is 1.22. The summed E-state index contributed by atoms with van der Waals surface area (Å²) in [7, 11) is 2.02. The van der Waals surface area contributed by atoms with Crippen LogP contribution in [0.3, 0.4) is 0 Å². The highest BCUT2D eigenvalue weighted by molar-refractivity contribution is 7.16. The monoisotopic (exact) mass is 276 g/mol. The van der Waals surface area contributed by atoms with Crippen LogP contribution >= 0.6 is 22.7 Å². The molecule has 18 heavy (non-hydrogen) atoms. The van der Waals surface area contributed by atoms with Crippen molar-refractivity contribution in [2.24, 2.45) is 0 Å². The van der Waals surface area contributed by atoms with E-state index < -0.39 is 0 Å². The van der Waals surface area contributed by atoms with E-state index in [1.165, 1.54) is 5.56 Å². The lowest BCUT2D eigenvalue weighted by Crippen LogP contribution is -2.18. The second-order valence-corrected chi connectivity index (χ2v) is 5.71. The smallest absolute Gasteiger partial charge is 0.223 e. The van der Waals surface area contributed by atoms with Gasteiger partial charge in [0, 0.05) is 13.6 Å². The first-order valence-electron chi connectivity index (χ1n) is 5.47. The molecule has 0 atom stereocenters. The van der Waals surface area contributed by atoms with Gasteiger partial charge in [0.05, 0.1) is 5.39 Å². The minimum atomic E-state index is 0.331. The molecule has 0 saturated carbocycles. The first kappa shape index (κ1) is 11.4. The maximum atomic E-state index is 5.75. The first-order valence-corrected chi connectivity index (χ1v) is 7.29. The van der Waals surface area contributed by atoms with Crippen LogP contribution in [0.4, 0.5) is 11.8 Å². The Morgan fingerprint density at radius 1 is 1.28 bits per heavy atom. The lowest BCUT2D eigenvalue weighted by Gasteiger charge is -2.18. The predicted molar refractivity (Wildman–Crippen MR) is 78.3 cm³/mol. The maximum Gasteiger partial charge on any atom is 0.223 e. The van der Waals surface area contributed by atoms with Gasteiger partial charge < -0.3 is 10.6 Å². The van der Waals surface area contributed by atoms with Gasteiger partial charge in [0.25, 0.3) is 0 Å². The highest BCUT2D eigenvalue weighted by atomic mass is 32.1. The van der Waals surface area contributed by atoms with Gasteiger partial charge in [0.2, 0.25) is 5.95 Å². The van der Waals surface area contributed by atoms with Crippen molar-refractivity contribution in [2.75, 3.05) is 17.7 Å². The molecule has 0 spiro atoms. The summed E-state index contributed by atoms with van der Waals surface area (Å²) in [6.07, 6.45) is 0. The van der Waals surface area contributed by atoms with E-state index >= 15 is 0 Å². The van der Waals surface area contributed by atoms with Crippen molar-refractivity contribution in [3.05, 3.63) is 33.8 Å². The Kier molecular flexibility index (Phi) is 2.89. The first-order chi connectivity index (χ1) is 8.74. The Labute approximate surface area is 113 Å². The van der Waals surface area contributed by atoms with Crippen molar-refractivity contribution in [1.82, 2.24) is 9.97 Å². The van der Waals surface area contributed by atoms with E-state index in [0.29, 0.717) is 5.95 Å². The molecule has 0 unspecified atom stereocenters. The topological polar surface area (TPSA) is 55.0 Å². The molecule has 0 aromatic carbocycles. The molecule has 3 aromatic rings. The van der Waals surface area contributed by atoms with Gasteiger partial charge >= 0.3 is 0 Å². The highest BCUT2D eigenvalue weighted by Gasteiger charge is 2.11. The molecule has 4 nitrogen and oxygen atoms in total. The second kappa shape index (κ2) is 4.55. The van der Waals surface area contributed by atoms with E-state index in [0.717, 1.165) is 22.6 Å². The molecular weight excluding hydrogens is 264 g/mol. The van der Waals surface area contributed by atoms with E-state index in [2.05, 4.69) is 31.7 Å². The summed E-state index contributed by atoms with van der Waals surface area (Å²) in [4.78, 5) is 11.6. The summed E-state index contributed by atoms with van der Waals surface area (Å²) in [6, 6.07) is 4.16. The minimum Gasteiger partial charge on any atom is -0.368 e. The van der Waals surface area contributed by atoms with Crippen LogP contribution in [-0.4, -0.2) is 17.0 Å². The summed E-state index contributed by atoms with van der Waals surface area (Å²) >= 11 is 3.29. The molecule has 0 aliphatic rings. The van der Waals surface area contributed by atoms with Crippen molar-refractivity contribution >= 4 is 44.7 Å². The van der Waals surface area contributed by atoms with Crippen molar-refractivity contribution in [3.8, 4) is 0 Å². The second-order valence-electron chi connectivity index (χ2n) is 4.03. The molecule has 0 radical (unpaired) electrons. The zero-order valence-corrected chi connectivity index (χ0v) is 11.5. The maximum absolute atomic E-state index is 5.75. The van der Waals surface area contributed by atoms with Crippen molar-refractivity contribution in [2.45, 2.75) is 6.54 Å². The molecular formula is C12H12N4S2. The summed E-state index contributed by atoms with van der Waals surface area (Å²) in [5.41, 5.74) is 7.04. The summed E-state index contributed by atoms with van der Waals surface area (Å²) in [5, 5.41) is 7.30. The SMILES string of the molecule is CN(Cc1ccsc1)c1nc(N)nc2sccc12. The van der Waals surface area contributed by atoms with Crippen molar-refractivity contribution in [1.29, 1.82) is 0 Å². The van der Waals surface area contributed by atoms with Crippen LogP contribution in [0.1, 0.15) is 5.56 Å². The standard InChI is InChI=1S/C12H12N4S2/c1-16(6-8-2-4-17-7-8)10-9-3-5-18-11(9)15-12(13)14-10/h2-5,7H,6H2,1H3,(H2,13,14,15). The fourth-order valence-electron chi connectivity index (χ4n) is 1.88. The van der Waals surface area contributed by atoms with Gasteiger partial charge in [0.1, 0.15) is 10.6 Å². The molecule has 0 fully saturated rings. The number of aromatic nitrogens is 2. The van der Waals surface area contributed by atoms with Gasteiger partial charge in [-0.3, -0.25) is 0 Å². The lowest BCUT2D eigenvalue weighted by atomic mass is 10.3. The average molecular weight is 276 g/mol.